The summed E-state index contributed by atoms with van der Waals surface area (Å²) < 4.78 is 1.95. The van der Waals surface area contributed by atoms with E-state index in [9.17, 15) is 15.0 Å². The van der Waals surface area contributed by atoms with E-state index >= 15 is 0 Å². The molecule has 33 heavy (non-hydrogen) atoms. The molecule has 1 amide bonds. The van der Waals surface area contributed by atoms with Crippen LogP contribution in [-0.2, 0) is 25.1 Å². The Kier molecular flexibility index (Phi) is 5.44. The largest absolute Gasteiger partial charge is 0.465 e. The maximum atomic E-state index is 11.9. The van der Waals surface area contributed by atoms with Gasteiger partial charge in [0.05, 0.1) is 24.5 Å². The molecule has 0 spiro atoms. The molecule has 2 heterocycles. The molecule has 0 radical (unpaired) electrons. The van der Waals surface area contributed by atoms with Crippen LogP contribution in [0.4, 0.5) is 4.79 Å². The molecule has 1 aromatic heterocycles. The van der Waals surface area contributed by atoms with E-state index in [4.69, 9.17) is 5.10 Å². The first kappa shape index (κ1) is 21.0. The van der Waals surface area contributed by atoms with Gasteiger partial charge in [0.25, 0.3) is 0 Å². The summed E-state index contributed by atoms with van der Waals surface area (Å²) in [7, 11) is 0. The third-order valence-electron chi connectivity index (χ3n) is 6.46. The first-order valence-electron chi connectivity index (χ1n) is 11.0. The van der Waals surface area contributed by atoms with Crippen molar-refractivity contribution in [2.24, 2.45) is 0 Å². The van der Waals surface area contributed by atoms with Crippen LogP contribution in [0.2, 0.25) is 0 Å². The highest BCUT2D eigenvalue weighted by Crippen LogP contribution is 2.43. The second-order valence-corrected chi connectivity index (χ2v) is 8.20. The molecule has 1 aliphatic heterocycles. The number of hydrogen-bond acceptors (Lipinski definition) is 3. The lowest BCUT2D eigenvalue weighted by Gasteiger charge is -2.39. The molecular weight excluding hydrogens is 414 g/mol. The third-order valence-corrected chi connectivity index (χ3v) is 6.46. The Bertz CT molecular complexity index is 1160. The van der Waals surface area contributed by atoms with E-state index < -0.39 is 11.6 Å². The van der Waals surface area contributed by atoms with Crippen LogP contribution in [-0.4, -0.2) is 37.5 Å². The average Bonchev–Trinajstić information content (AvgIpc) is 3.25. The summed E-state index contributed by atoms with van der Waals surface area (Å²) in [4.78, 5) is 13.3. The van der Waals surface area contributed by atoms with Gasteiger partial charge in [-0.1, -0.05) is 91.0 Å². The number of hydrogen-bond donors (Lipinski definition) is 2. The van der Waals surface area contributed by atoms with E-state index in [0.29, 0.717) is 18.7 Å². The summed E-state index contributed by atoms with van der Waals surface area (Å²) >= 11 is 0. The predicted molar refractivity (Wildman–Crippen MR) is 125 cm³/mol. The van der Waals surface area contributed by atoms with Gasteiger partial charge in [0.2, 0.25) is 0 Å². The Balaban J connectivity index is 1.89. The van der Waals surface area contributed by atoms with Gasteiger partial charge in [0.15, 0.2) is 0 Å². The van der Waals surface area contributed by atoms with E-state index in [0.717, 1.165) is 27.9 Å². The first-order valence-corrected chi connectivity index (χ1v) is 11.0. The van der Waals surface area contributed by atoms with Crippen molar-refractivity contribution >= 4 is 6.09 Å². The third kappa shape index (κ3) is 3.39. The number of fused-ring (bicyclic) bond motifs is 1. The maximum absolute atomic E-state index is 11.9. The SMILES string of the molecule is O=C(O)N1CCc2c(CO)nn(C(c3ccccc3)(c3ccccc3)c3ccccc3)c2C1. The van der Waals surface area contributed by atoms with Crippen LogP contribution < -0.4 is 0 Å². The zero-order valence-corrected chi connectivity index (χ0v) is 18.1. The minimum absolute atomic E-state index is 0.198. The molecule has 0 unspecified atom stereocenters. The van der Waals surface area contributed by atoms with Gasteiger partial charge in [-0.3, -0.25) is 0 Å². The maximum Gasteiger partial charge on any atom is 0.407 e. The van der Waals surface area contributed by atoms with E-state index in [2.05, 4.69) is 36.4 Å². The van der Waals surface area contributed by atoms with Crippen LogP contribution in [0.5, 0.6) is 0 Å². The number of carbonyl (C=O) groups is 1. The van der Waals surface area contributed by atoms with Crippen molar-refractivity contribution in [1.29, 1.82) is 0 Å². The molecule has 0 saturated carbocycles. The summed E-state index contributed by atoms with van der Waals surface area (Å²) in [6.45, 7) is 0.402. The van der Waals surface area contributed by atoms with Gasteiger partial charge in [-0.2, -0.15) is 5.10 Å². The highest BCUT2D eigenvalue weighted by molar-refractivity contribution is 5.65. The van der Waals surface area contributed by atoms with Gasteiger partial charge in [-0.05, 0) is 23.1 Å². The second-order valence-electron chi connectivity index (χ2n) is 8.20. The lowest BCUT2D eigenvalue weighted by atomic mass is 9.76. The monoisotopic (exact) mass is 439 g/mol. The van der Waals surface area contributed by atoms with Gasteiger partial charge in [0.1, 0.15) is 5.54 Å². The minimum Gasteiger partial charge on any atom is -0.465 e. The molecule has 6 nitrogen and oxygen atoms in total. The van der Waals surface area contributed by atoms with Crippen LogP contribution in [0.25, 0.3) is 0 Å². The quantitative estimate of drug-likeness (QED) is 0.456. The molecule has 0 bridgehead atoms. The van der Waals surface area contributed by atoms with E-state index in [1.807, 2.05) is 59.3 Å². The Morgan fingerprint density at radius 1 is 0.848 bits per heavy atom. The number of aliphatic hydroxyl groups is 1. The predicted octanol–water partition coefficient (Wildman–Crippen LogP) is 4.25. The summed E-state index contributed by atoms with van der Waals surface area (Å²) in [6, 6.07) is 30.4. The molecule has 6 heteroatoms. The lowest BCUT2D eigenvalue weighted by molar-refractivity contribution is 0.137. The molecular formula is C27H25N3O3. The Hall–Kier alpha value is -3.90. The van der Waals surface area contributed by atoms with Crippen molar-refractivity contribution in [3.05, 3.63) is 125 Å². The molecule has 5 rings (SSSR count). The number of aliphatic hydroxyl groups excluding tert-OH is 1. The van der Waals surface area contributed by atoms with Crippen molar-refractivity contribution in [3.63, 3.8) is 0 Å². The van der Waals surface area contributed by atoms with Crippen molar-refractivity contribution < 1.29 is 15.0 Å². The van der Waals surface area contributed by atoms with Crippen molar-refractivity contribution in [3.8, 4) is 0 Å². The summed E-state index contributed by atoms with van der Waals surface area (Å²) in [5.41, 5.74) is 4.51. The van der Waals surface area contributed by atoms with Crippen LogP contribution in [0.15, 0.2) is 91.0 Å². The second kappa shape index (κ2) is 8.56. The van der Waals surface area contributed by atoms with Gasteiger partial charge < -0.3 is 15.1 Å². The van der Waals surface area contributed by atoms with Crippen molar-refractivity contribution in [2.45, 2.75) is 25.1 Å². The highest BCUT2D eigenvalue weighted by atomic mass is 16.4. The number of aromatic nitrogens is 2. The standard InChI is InChI=1S/C27H25N3O3/c31-19-24-23-16-17-29(26(32)33)18-25(23)30(28-24)27(20-10-4-1-5-11-20,21-12-6-2-7-13-21)22-14-8-3-9-15-22/h1-15,31H,16-19H2,(H,32,33). The smallest absolute Gasteiger partial charge is 0.407 e. The minimum atomic E-state index is -0.955. The average molecular weight is 440 g/mol. The molecule has 0 aliphatic carbocycles. The van der Waals surface area contributed by atoms with Crippen LogP contribution in [0.3, 0.4) is 0 Å². The number of rotatable bonds is 5. The fraction of sp³-hybridized carbons (Fsp3) is 0.185. The zero-order chi connectivity index (χ0) is 22.8. The molecule has 0 fully saturated rings. The molecule has 0 saturated heterocycles. The normalized spacial score (nSPS) is 13.5. The van der Waals surface area contributed by atoms with Gasteiger partial charge in [0, 0.05) is 12.1 Å². The number of nitrogens with zero attached hydrogens (tertiary/aromatic N) is 3. The van der Waals surface area contributed by atoms with Crippen molar-refractivity contribution in [2.75, 3.05) is 6.54 Å². The molecule has 3 aromatic carbocycles. The molecule has 0 atom stereocenters. The van der Waals surface area contributed by atoms with Crippen molar-refractivity contribution in [1.82, 2.24) is 14.7 Å². The van der Waals surface area contributed by atoms with Crippen LogP contribution in [0.1, 0.15) is 33.6 Å². The number of amides is 1. The van der Waals surface area contributed by atoms with Gasteiger partial charge in [-0.15, -0.1) is 0 Å². The Morgan fingerprint density at radius 3 is 1.76 bits per heavy atom. The number of benzene rings is 3. The first-order chi connectivity index (χ1) is 16.2. The Morgan fingerprint density at radius 2 is 1.33 bits per heavy atom. The van der Waals surface area contributed by atoms with Crippen LogP contribution >= 0.6 is 0 Å². The molecule has 2 N–H and O–H groups in total. The fourth-order valence-corrected chi connectivity index (χ4v) is 4.97. The molecule has 166 valence electrons. The molecule has 4 aromatic rings. The van der Waals surface area contributed by atoms with E-state index in [1.165, 1.54) is 4.90 Å². The van der Waals surface area contributed by atoms with Crippen LogP contribution in [0, 0.1) is 0 Å². The molecule has 1 aliphatic rings. The fourth-order valence-electron chi connectivity index (χ4n) is 4.97. The highest BCUT2D eigenvalue weighted by Gasteiger charge is 2.43. The summed E-state index contributed by atoms with van der Waals surface area (Å²) in [6.07, 6.45) is -0.435. The zero-order valence-electron chi connectivity index (χ0n) is 18.1. The Labute approximate surface area is 192 Å². The number of carboxylic acid groups (broad SMARTS) is 1. The van der Waals surface area contributed by atoms with E-state index in [-0.39, 0.29) is 13.2 Å². The van der Waals surface area contributed by atoms with E-state index in [1.54, 1.807) is 0 Å². The van der Waals surface area contributed by atoms with Gasteiger partial charge >= 0.3 is 6.09 Å². The lowest BCUT2D eigenvalue weighted by Crippen LogP contribution is -2.42. The summed E-state index contributed by atoms with van der Waals surface area (Å²) in [5.74, 6) is 0. The summed E-state index contributed by atoms with van der Waals surface area (Å²) in [5, 5.41) is 24.8. The van der Waals surface area contributed by atoms with Gasteiger partial charge in [-0.25, -0.2) is 9.48 Å². The topological polar surface area (TPSA) is 78.6 Å².